The molecule has 0 saturated heterocycles. The molecule has 2 nitrogen and oxygen atoms in total. The molecule has 3 aromatic rings. The third-order valence-electron chi connectivity index (χ3n) is 5.67. The Bertz CT molecular complexity index is 974. The molecule has 0 N–H and O–H groups in total. The van der Waals surface area contributed by atoms with E-state index in [-0.39, 0.29) is 0 Å². The van der Waals surface area contributed by atoms with Gasteiger partial charge in [0.15, 0.2) is 0 Å². The molecule has 0 spiro atoms. The second kappa shape index (κ2) is 6.77. The van der Waals surface area contributed by atoms with Crippen molar-refractivity contribution in [1.29, 1.82) is 0 Å². The van der Waals surface area contributed by atoms with Crippen LogP contribution in [-0.4, -0.2) is 23.1 Å². The van der Waals surface area contributed by atoms with E-state index in [0.29, 0.717) is 0 Å². The molecule has 0 radical (unpaired) electrons. The first kappa shape index (κ1) is 17.1. The predicted octanol–water partition coefficient (Wildman–Crippen LogP) is 5.52. The summed E-state index contributed by atoms with van der Waals surface area (Å²) in [6.07, 6.45) is 4.53. The summed E-state index contributed by atoms with van der Waals surface area (Å²) in [6.45, 7) is 8.78. The Morgan fingerprint density at radius 2 is 1.88 bits per heavy atom. The first-order chi connectivity index (χ1) is 12.6. The van der Waals surface area contributed by atoms with E-state index in [1.54, 1.807) is 0 Å². The molecular formula is C24H28N2. The zero-order valence-electron chi connectivity index (χ0n) is 16.3. The molecule has 2 heteroatoms. The van der Waals surface area contributed by atoms with Gasteiger partial charge in [0.1, 0.15) is 0 Å². The van der Waals surface area contributed by atoms with Crippen LogP contribution in [0.4, 0.5) is 0 Å². The van der Waals surface area contributed by atoms with E-state index in [9.17, 15) is 0 Å². The van der Waals surface area contributed by atoms with E-state index in [0.717, 1.165) is 25.9 Å². The van der Waals surface area contributed by atoms with Crippen LogP contribution in [0.25, 0.3) is 22.7 Å². The number of aryl methyl sites for hydroxylation is 2. The molecule has 0 aliphatic carbocycles. The normalized spacial score (nSPS) is 15.5. The summed E-state index contributed by atoms with van der Waals surface area (Å²) in [5.41, 5.74) is 9.66. The van der Waals surface area contributed by atoms with Crippen molar-refractivity contribution in [3.8, 4) is 0 Å². The Morgan fingerprint density at radius 3 is 2.62 bits per heavy atom. The number of aromatic nitrogens is 1. The minimum atomic E-state index is 1.04. The van der Waals surface area contributed by atoms with Gasteiger partial charge < -0.3 is 9.47 Å². The highest BCUT2D eigenvalue weighted by Gasteiger charge is 2.21. The van der Waals surface area contributed by atoms with E-state index >= 15 is 0 Å². The number of benzene rings is 2. The maximum atomic E-state index is 2.44. The maximum Gasteiger partial charge on any atom is 0.0529 e. The molecule has 2 heterocycles. The number of rotatable bonds is 3. The molecule has 0 unspecified atom stereocenters. The highest BCUT2D eigenvalue weighted by molar-refractivity contribution is 5.90. The van der Waals surface area contributed by atoms with Crippen LogP contribution in [0.5, 0.6) is 0 Å². The topological polar surface area (TPSA) is 8.17 Å². The first-order valence-corrected chi connectivity index (χ1v) is 9.65. The molecule has 1 aromatic heterocycles. The highest BCUT2D eigenvalue weighted by Crippen LogP contribution is 2.32. The Balaban J connectivity index is 1.85. The summed E-state index contributed by atoms with van der Waals surface area (Å²) in [5, 5.41) is 1.41. The average molecular weight is 345 g/mol. The van der Waals surface area contributed by atoms with Crippen molar-refractivity contribution >= 4 is 22.7 Å². The van der Waals surface area contributed by atoms with Crippen LogP contribution < -0.4 is 0 Å². The van der Waals surface area contributed by atoms with Crippen LogP contribution in [0.3, 0.4) is 0 Å². The zero-order chi connectivity index (χ0) is 18.3. The maximum absolute atomic E-state index is 2.44. The zero-order valence-corrected chi connectivity index (χ0v) is 16.3. The number of fused-ring (bicyclic) bond motifs is 3. The number of nitrogens with zero attached hydrogens (tertiary/aromatic N) is 2. The Kier molecular flexibility index (Phi) is 4.46. The fourth-order valence-electron chi connectivity index (χ4n) is 4.06. The van der Waals surface area contributed by atoms with Crippen molar-refractivity contribution in [2.75, 3.05) is 13.6 Å². The van der Waals surface area contributed by atoms with Gasteiger partial charge in [-0.05, 0) is 61.7 Å². The summed E-state index contributed by atoms with van der Waals surface area (Å²) < 4.78 is 2.44. The lowest BCUT2D eigenvalue weighted by molar-refractivity contribution is 0.312. The lowest BCUT2D eigenvalue weighted by Crippen LogP contribution is -2.26. The third-order valence-corrected chi connectivity index (χ3v) is 5.67. The summed E-state index contributed by atoms with van der Waals surface area (Å²) in [6, 6.07) is 15.9. The van der Waals surface area contributed by atoms with Gasteiger partial charge in [-0.3, -0.25) is 0 Å². The Labute approximate surface area is 156 Å². The highest BCUT2D eigenvalue weighted by atomic mass is 15.1. The molecule has 0 amide bonds. The number of hydrogen-bond acceptors (Lipinski definition) is 1. The first-order valence-electron chi connectivity index (χ1n) is 9.65. The standard InChI is InChI=1S/C24H28N2/c1-5-19-7-9-20(10-8-19)18(3)15-26-23-11-6-17(2)14-21(23)22-16-25(4)13-12-24(22)26/h6-11,14-15H,5,12-13,16H2,1-4H3. The minimum absolute atomic E-state index is 1.04. The molecule has 4 rings (SSSR count). The number of allylic oxidation sites excluding steroid dienone is 1. The van der Waals surface area contributed by atoms with Crippen molar-refractivity contribution < 1.29 is 0 Å². The van der Waals surface area contributed by atoms with Crippen LogP contribution in [0.15, 0.2) is 42.5 Å². The SMILES string of the molecule is CCc1ccc(C(C)=Cn2c3c(c4cc(C)ccc42)CN(C)CC3)cc1. The van der Waals surface area contributed by atoms with Gasteiger partial charge in [0.05, 0.1) is 5.52 Å². The van der Waals surface area contributed by atoms with Gasteiger partial charge in [-0.25, -0.2) is 0 Å². The quantitative estimate of drug-likeness (QED) is 0.607. The van der Waals surface area contributed by atoms with Gasteiger partial charge in [0, 0.05) is 36.8 Å². The number of hydrogen-bond donors (Lipinski definition) is 0. The molecule has 26 heavy (non-hydrogen) atoms. The molecule has 1 aliphatic rings. The van der Waals surface area contributed by atoms with E-state index in [1.165, 1.54) is 44.4 Å². The fraction of sp³-hybridized carbons (Fsp3) is 0.333. The Hall–Kier alpha value is -2.32. The van der Waals surface area contributed by atoms with E-state index in [2.05, 4.69) is 86.0 Å². The third kappa shape index (κ3) is 2.99. The number of likely N-dealkylation sites (N-methyl/N-ethyl adjacent to an activating group) is 1. The summed E-state index contributed by atoms with van der Waals surface area (Å²) in [5.74, 6) is 0. The largest absolute Gasteiger partial charge is 0.320 e. The smallest absolute Gasteiger partial charge is 0.0529 e. The van der Waals surface area contributed by atoms with Crippen molar-refractivity contribution in [3.63, 3.8) is 0 Å². The van der Waals surface area contributed by atoms with Crippen LogP contribution in [0.1, 0.15) is 41.8 Å². The molecule has 2 aromatic carbocycles. The second-order valence-corrected chi connectivity index (χ2v) is 7.67. The van der Waals surface area contributed by atoms with Crippen LogP contribution in [0.2, 0.25) is 0 Å². The fourth-order valence-corrected chi connectivity index (χ4v) is 4.06. The van der Waals surface area contributed by atoms with Crippen molar-refractivity contribution in [1.82, 2.24) is 9.47 Å². The lowest BCUT2D eigenvalue weighted by Gasteiger charge is -2.23. The summed E-state index contributed by atoms with van der Waals surface area (Å²) >= 11 is 0. The van der Waals surface area contributed by atoms with Crippen LogP contribution in [0, 0.1) is 6.92 Å². The predicted molar refractivity (Wildman–Crippen MR) is 112 cm³/mol. The molecule has 0 atom stereocenters. The van der Waals surface area contributed by atoms with Crippen molar-refractivity contribution in [2.45, 2.75) is 40.2 Å². The molecule has 0 saturated carbocycles. The van der Waals surface area contributed by atoms with E-state index in [1.807, 2.05) is 0 Å². The molecule has 0 bridgehead atoms. The van der Waals surface area contributed by atoms with Crippen molar-refractivity contribution in [2.24, 2.45) is 0 Å². The minimum Gasteiger partial charge on any atom is -0.320 e. The van der Waals surface area contributed by atoms with Crippen LogP contribution in [-0.2, 0) is 19.4 Å². The van der Waals surface area contributed by atoms with Gasteiger partial charge in [0.25, 0.3) is 0 Å². The van der Waals surface area contributed by atoms with Crippen LogP contribution >= 0.6 is 0 Å². The monoisotopic (exact) mass is 344 g/mol. The second-order valence-electron chi connectivity index (χ2n) is 7.67. The van der Waals surface area contributed by atoms with Gasteiger partial charge in [-0.15, -0.1) is 0 Å². The molecule has 134 valence electrons. The van der Waals surface area contributed by atoms with E-state index in [4.69, 9.17) is 0 Å². The Morgan fingerprint density at radius 1 is 1.12 bits per heavy atom. The van der Waals surface area contributed by atoms with Gasteiger partial charge in [-0.1, -0.05) is 42.8 Å². The van der Waals surface area contributed by atoms with Gasteiger partial charge in [0.2, 0.25) is 0 Å². The molecule has 0 fully saturated rings. The van der Waals surface area contributed by atoms with Gasteiger partial charge in [-0.2, -0.15) is 0 Å². The van der Waals surface area contributed by atoms with Crippen molar-refractivity contribution in [3.05, 3.63) is 70.4 Å². The van der Waals surface area contributed by atoms with E-state index < -0.39 is 0 Å². The van der Waals surface area contributed by atoms with Gasteiger partial charge >= 0.3 is 0 Å². The summed E-state index contributed by atoms with van der Waals surface area (Å²) in [7, 11) is 2.22. The summed E-state index contributed by atoms with van der Waals surface area (Å²) in [4.78, 5) is 2.43. The average Bonchev–Trinajstić information content (AvgIpc) is 2.94. The molecular weight excluding hydrogens is 316 g/mol. The lowest BCUT2D eigenvalue weighted by atomic mass is 10.0. The molecule has 1 aliphatic heterocycles.